The van der Waals surface area contributed by atoms with Crippen LogP contribution in [-0.4, -0.2) is 27.1 Å². The van der Waals surface area contributed by atoms with Crippen LogP contribution >= 0.6 is 12.4 Å². The molecule has 170 valence electrons. The number of aromatic nitrogens is 3. The van der Waals surface area contributed by atoms with Crippen molar-refractivity contribution in [3.63, 3.8) is 0 Å². The molecule has 4 aromatic rings. The van der Waals surface area contributed by atoms with Crippen LogP contribution in [0.4, 0.5) is 10.3 Å². The van der Waals surface area contributed by atoms with E-state index >= 15 is 0 Å². The van der Waals surface area contributed by atoms with Crippen molar-refractivity contribution >= 4 is 18.4 Å². The number of nitrogens with one attached hydrogen (secondary N) is 1. The third kappa shape index (κ3) is 5.63. The molecule has 0 bridgehead atoms. The number of nitrogens with two attached hydrogens (primary N) is 1. The fourth-order valence-corrected chi connectivity index (χ4v) is 3.57. The van der Waals surface area contributed by atoms with E-state index in [9.17, 15) is 9.18 Å². The summed E-state index contributed by atoms with van der Waals surface area (Å²) in [5.74, 6) is 0.0471. The molecule has 0 radical (unpaired) electrons. The van der Waals surface area contributed by atoms with E-state index < -0.39 is 0 Å². The summed E-state index contributed by atoms with van der Waals surface area (Å²) in [7, 11) is 1.66. The number of anilines is 1. The summed E-state index contributed by atoms with van der Waals surface area (Å²) in [5, 5.41) is 3.22. The summed E-state index contributed by atoms with van der Waals surface area (Å²) in [6.45, 7) is 0.445. The van der Waals surface area contributed by atoms with Crippen LogP contribution in [0.5, 0.6) is 0 Å². The first-order valence-corrected chi connectivity index (χ1v) is 10.3. The third-order valence-corrected chi connectivity index (χ3v) is 5.24. The lowest BCUT2D eigenvalue weighted by molar-refractivity contribution is 0.628. The lowest BCUT2D eigenvalue weighted by atomic mass is 10.0. The highest BCUT2D eigenvalue weighted by atomic mass is 35.5. The summed E-state index contributed by atoms with van der Waals surface area (Å²) in [5.41, 5.74) is 9.45. The molecule has 0 spiro atoms. The Labute approximate surface area is 197 Å². The number of hydrogen-bond donors (Lipinski definition) is 2. The largest absolute Gasteiger partial charge is 0.354 e. The van der Waals surface area contributed by atoms with Crippen LogP contribution in [0.1, 0.15) is 5.56 Å². The minimum Gasteiger partial charge on any atom is -0.354 e. The molecule has 0 aliphatic rings. The molecule has 33 heavy (non-hydrogen) atoms. The van der Waals surface area contributed by atoms with Gasteiger partial charge in [-0.1, -0.05) is 42.5 Å². The van der Waals surface area contributed by atoms with E-state index in [2.05, 4.69) is 10.3 Å². The molecule has 1 atom stereocenters. The summed E-state index contributed by atoms with van der Waals surface area (Å²) >= 11 is 0. The minimum atomic E-state index is -0.366. The predicted octanol–water partition coefficient (Wildman–Crippen LogP) is 4.05. The molecule has 4 rings (SSSR count). The van der Waals surface area contributed by atoms with Gasteiger partial charge in [-0.25, -0.2) is 9.37 Å². The standard InChI is InChI=1S/C25H24FN5O.ClH/c1-31-24(32)22(18-7-9-20(26)10-8-18)23(19-11-13-28-14-12-19)30-25(31)29-16-21(27)15-17-5-3-2-4-6-17;/h2-14,21H,15-16,27H2,1H3,(H,29,30);1H/t21-;/m1./s1. The van der Waals surface area contributed by atoms with E-state index in [0.29, 0.717) is 35.7 Å². The van der Waals surface area contributed by atoms with Crippen LogP contribution in [0.2, 0.25) is 0 Å². The van der Waals surface area contributed by atoms with Gasteiger partial charge in [0.05, 0.1) is 11.3 Å². The molecule has 2 heterocycles. The minimum absolute atomic E-state index is 0. The number of nitrogens with zero attached hydrogens (tertiary/aromatic N) is 3. The molecular formula is C25H25ClFN5O. The number of pyridine rings is 1. The van der Waals surface area contributed by atoms with E-state index in [-0.39, 0.29) is 29.8 Å². The van der Waals surface area contributed by atoms with Crippen molar-refractivity contribution in [3.05, 3.63) is 101 Å². The van der Waals surface area contributed by atoms with Gasteiger partial charge in [-0.15, -0.1) is 12.4 Å². The van der Waals surface area contributed by atoms with Gasteiger partial charge in [0, 0.05) is 37.6 Å². The fraction of sp³-hybridized carbons (Fsp3) is 0.160. The van der Waals surface area contributed by atoms with Gasteiger partial charge in [0.2, 0.25) is 5.95 Å². The first-order valence-electron chi connectivity index (χ1n) is 10.3. The second-order valence-electron chi connectivity index (χ2n) is 7.60. The van der Waals surface area contributed by atoms with E-state index in [1.165, 1.54) is 16.7 Å². The van der Waals surface area contributed by atoms with Crippen LogP contribution in [0.3, 0.4) is 0 Å². The Balaban J connectivity index is 0.00000306. The molecule has 0 amide bonds. The van der Waals surface area contributed by atoms with Crippen molar-refractivity contribution in [2.75, 3.05) is 11.9 Å². The Hall–Kier alpha value is -3.55. The normalized spacial score (nSPS) is 11.5. The Morgan fingerprint density at radius 1 is 1.00 bits per heavy atom. The second-order valence-corrected chi connectivity index (χ2v) is 7.60. The van der Waals surface area contributed by atoms with Gasteiger partial charge < -0.3 is 11.1 Å². The zero-order valence-corrected chi connectivity index (χ0v) is 18.9. The SMILES string of the molecule is Cl.Cn1c(NC[C@H](N)Cc2ccccc2)nc(-c2ccncc2)c(-c2ccc(F)cc2)c1=O. The Morgan fingerprint density at radius 3 is 2.33 bits per heavy atom. The van der Waals surface area contributed by atoms with Crippen molar-refractivity contribution in [2.24, 2.45) is 12.8 Å². The Morgan fingerprint density at radius 2 is 1.67 bits per heavy atom. The summed E-state index contributed by atoms with van der Waals surface area (Å²) < 4.78 is 14.9. The first kappa shape index (κ1) is 24.1. The summed E-state index contributed by atoms with van der Waals surface area (Å²) in [6.07, 6.45) is 3.99. The smallest absolute Gasteiger partial charge is 0.263 e. The molecule has 0 unspecified atom stereocenters. The maximum Gasteiger partial charge on any atom is 0.263 e. The summed E-state index contributed by atoms with van der Waals surface area (Å²) in [6, 6.07) is 19.3. The number of halogens is 2. The molecule has 8 heteroatoms. The lowest BCUT2D eigenvalue weighted by Crippen LogP contribution is -2.34. The van der Waals surface area contributed by atoms with E-state index in [0.717, 1.165) is 11.1 Å². The number of hydrogen-bond acceptors (Lipinski definition) is 5. The molecule has 2 aromatic carbocycles. The highest BCUT2D eigenvalue weighted by Gasteiger charge is 2.18. The molecule has 0 fully saturated rings. The summed E-state index contributed by atoms with van der Waals surface area (Å²) in [4.78, 5) is 22.2. The van der Waals surface area contributed by atoms with Gasteiger partial charge in [-0.3, -0.25) is 14.3 Å². The topological polar surface area (TPSA) is 85.8 Å². The maximum absolute atomic E-state index is 13.5. The molecule has 0 aliphatic carbocycles. The average Bonchev–Trinajstić information content (AvgIpc) is 2.82. The second kappa shape index (κ2) is 10.8. The highest BCUT2D eigenvalue weighted by Crippen LogP contribution is 2.28. The third-order valence-electron chi connectivity index (χ3n) is 5.24. The van der Waals surface area contributed by atoms with Gasteiger partial charge in [0.15, 0.2) is 0 Å². The molecule has 0 saturated carbocycles. The lowest BCUT2D eigenvalue weighted by Gasteiger charge is -2.18. The first-order chi connectivity index (χ1) is 15.5. The van der Waals surface area contributed by atoms with Crippen LogP contribution in [0.15, 0.2) is 83.9 Å². The van der Waals surface area contributed by atoms with Crippen LogP contribution in [-0.2, 0) is 13.5 Å². The van der Waals surface area contributed by atoms with Gasteiger partial charge in [-0.2, -0.15) is 0 Å². The molecule has 3 N–H and O–H groups in total. The van der Waals surface area contributed by atoms with E-state index in [1.54, 1.807) is 43.7 Å². The zero-order valence-electron chi connectivity index (χ0n) is 18.1. The molecule has 2 aromatic heterocycles. The van der Waals surface area contributed by atoms with Gasteiger partial charge in [0.25, 0.3) is 5.56 Å². The van der Waals surface area contributed by atoms with Crippen LogP contribution in [0.25, 0.3) is 22.4 Å². The van der Waals surface area contributed by atoms with Crippen molar-refractivity contribution in [2.45, 2.75) is 12.5 Å². The monoisotopic (exact) mass is 465 g/mol. The molecule has 0 saturated heterocycles. The van der Waals surface area contributed by atoms with Gasteiger partial charge >= 0.3 is 0 Å². The molecule has 6 nitrogen and oxygen atoms in total. The quantitative estimate of drug-likeness (QED) is 0.430. The number of benzene rings is 2. The average molecular weight is 466 g/mol. The highest BCUT2D eigenvalue weighted by molar-refractivity contribution is 5.85. The van der Waals surface area contributed by atoms with Crippen LogP contribution in [0, 0.1) is 5.82 Å². The number of rotatable bonds is 7. The van der Waals surface area contributed by atoms with E-state index in [1.807, 2.05) is 30.3 Å². The predicted molar refractivity (Wildman–Crippen MR) is 132 cm³/mol. The van der Waals surface area contributed by atoms with Crippen molar-refractivity contribution in [3.8, 4) is 22.4 Å². The van der Waals surface area contributed by atoms with Crippen molar-refractivity contribution in [1.29, 1.82) is 0 Å². The van der Waals surface area contributed by atoms with Gasteiger partial charge in [-0.05, 0) is 41.8 Å². The molecular weight excluding hydrogens is 441 g/mol. The zero-order chi connectivity index (χ0) is 22.5. The maximum atomic E-state index is 13.5. The van der Waals surface area contributed by atoms with Crippen LogP contribution < -0.4 is 16.6 Å². The van der Waals surface area contributed by atoms with Crippen molar-refractivity contribution < 1.29 is 4.39 Å². The van der Waals surface area contributed by atoms with Crippen molar-refractivity contribution in [1.82, 2.24) is 14.5 Å². The van der Waals surface area contributed by atoms with E-state index in [4.69, 9.17) is 10.7 Å². The molecule has 0 aliphatic heterocycles. The fourth-order valence-electron chi connectivity index (χ4n) is 3.57. The van der Waals surface area contributed by atoms with Gasteiger partial charge in [0.1, 0.15) is 5.82 Å². The Bertz CT molecular complexity index is 1250. The Kier molecular flexibility index (Phi) is 7.92.